The lowest BCUT2D eigenvalue weighted by atomic mass is 9.93. The quantitative estimate of drug-likeness (QED) is 0.841. The molecule has 17 heavy (non-hydrogen) atoms. The van der Waals surface area contributed by atoms with E-state index in [9.17, 15) is 0 Å². The van der Waals surface area contributed by atoms with Crippen molar-refractivity contribution in [3.05, 3.63) is 29.3 Å². The molecule has 1 aromatic carbocycles. The summed E-state index contributed by atoms with van der Waals surface area (Å²) in [5.41, 5.74) is 3.99. The van der Waals surface area contributed by atoms with E-state index in [1.54, 1.807) is 0 Å². The van der Waals surface area contributed by atoms with Gasteiger partial charge in [0, 0.05) is 18.3 Å². The fraction of sp³-hybridized carbons (Fsp3) is 0.600. The summed E-state index contributed by atoms with van der Waals surface area (Å²) in [6.45, 7) is 9.54. The van der Waals surface area contributed by atoms with Crippen molar-refractivity contribution >= 4 is 5.69 Å². The van der Waals surface area contributed by atoms with E-state index in [0.717, 1.165) is 19.4 Å². The van der Waals surface area contributed by atoms with Crippen molar-refractivity contribution in [3.8, 4) is 0 Å². The molecule has 2 nitrogen and oxygen atoms in total. The van der Waals surface area contributed by atoms with Crippen LogP contribution in [-0.2, 0) is 4.74 Å². The Labute approximate surface area is 104 Å². The maximum Gasteiger partial charge on any atom is 0.0646 e. The maximum absolute atomic E-state index is 5.75. The molecule has 1 aromatic rings. The first-order valence-electron chi connectivity index (χ1n) is 6.45. The van der Waals surface area contributed by atoms with Gasteiger partial charge in [-0.2, -0.15) is 0 Å². The van der Waals surface area contributed by atoms with Gasteiger partial charge in [0.05, 0.1) is 5.60 Å². The molecule has 0 aliphatic carbocycles. The zero-order valence-electron chi connectivity index (χ0n) is 11.3. The molecule has 1 aliphatic heterocycles. The van der Waals surface area contributed by atoms with Gasteiger partial charge >= 0.3 is 0 Å². The highest BCUT2D eigenvalue weighted by molar-refractivity contribution is 5.54. The molecular weight excluding hydrogens is 210 g/mol. The number of anilines is 1. The highest BCUT2D eigenvalue weighted by Crippen LogP contribution is 2.28. The van der Waals surface area contributed by atoms with E-state index in [4.69, 9.17) is 4.74 Å². The second kappa shape index (κ2) is 4.69. The summed E-state index contributed by atoms with van der Waals surface area (Å²) in [6, 6.07) is 6.98. The monoisotopic (exact) mass is 233 g/mol. The molecule has 1 unspecified atom stereocenters. The summed E-state index contributed by atoms with van der Waals surface area (Å²) in [7, 11) is 0. The molecule has 0 spiro atoms. The van der Waals surface area contributed by atoms with Crippen molar-refractivity contribution in [2.75, 3.05) is 11.9 Å². The zero-order valence-corrected chi connectivity index (χ0v) is 11.3. The lowest BCUT2D eigenvalue weighted by Gasteiger charge is -2.36. The van der Waals surface area contributed by atoms with E-state index >= 15 is 0 Å². The van der Waals surface area contributed by atoms with Crippen LogP contribution in [0.25, 0.3) is 0 Å². The minimum Gasteiger partial charge on any atom is -0.382 e. The first-order chi connectivity index (χ1) is 7.98. The van der Waals surface area contributed by atoms with Gasteiger partial charge in [-0.1, -0.05) is 12.1 Å². The van der Waals surface area contributed by atoms with Gasteiger partial charge in [0.25, 0.3) is 0 Å². The van der Waals surface area contributed by atoms with Gasteiger partial charge in [-0.05, 0) is 57.7 Å². The van der Waals surface area contributed by atoms with Crippen LogP contribution in [0.15, 0.2) is 18.2 Å². The molecule has 0 radical (unpaired) electrons. The first-order valence-corrected chi connectivity index (χ1v) is 6.45. The normalized spacial score (nSPS) is 23.4. The van der Waals surface area contributed by atoms with Crippen molar-refractivity contribution in [1.29, 1.82) is 0 Å². The molecule has 1 N–H and O–H groups in total. The summed E-state index contributed by atoms with van der Waals surface area (Å²) in [5, 5.41) is 3.67. The van der Waals surface area contributed by atoms with Crippen LogP contribution in [0.1, 0.15) is 37.8 Å². The Kier molecular flexibility index (Phi) is 3.43. The Morgan fingerprint density at radius 1 is 1.29 bits per heavy atom. The average Bonchev–Trinajstić information content (AvgIpc) is 2.23. The summed E-state index contributed by atoms with van der Waals surface area (Å²) in [4.78, 5) is 0. The van der Waals surface area contributed by atoms with E-state index in [0.29, 0.717) is 6.04 Å². The van der Waals surface area contributed by atoms with Crippen LogP contribution in [-0.4, -0.2) is 18.2 Å². The molecule has 0 bridgehead atoms. The Morgan fingerprint density at radius 3 is 2.76 bits per heavy atom. The number of aryl methyl sites for hydroxylation is 1. The van der Waals surface area contributed by atoms with Crippen LogP contribution in [0, 0.1) is 13.8 Å². The SMILES string of the molecule is Cc1cccc(NC2CCOC(C)(C)C2)c1C. The molecular formula is C15H23NO. The predicted molar refractivity (Wildman–Crippen MR) is 72.6 cm³/mol. The van der Waals surface area contributed by atoms with Gasteiger partial charge in [0.15, 0.2) is 0 Å². The van der Waals surface area contributed by atoms with Gasteiger partial charge in [0.2, 0.25) is 0 Å². The van der Waals surface area contributed by atoms with Crippen molar-refractivity contribution in [2.45, 2.75) is 52.2 Å². The molecule has 0 saturated carbocycles. The van der Waals surface area contributed by atoms with Crippen molar-refractivity contribution in [1.82, 2.24) is 0 Å². The molecule has 94 valence electrons. The summed E-state index contributed by atoms with van der Waals surface area (Å²) >= 11 is 0. The average molecular weight is 233 g/mol. The molecule has 1 aliphatic rings. The summed E-state index contributed by atoms with van der Waals surface area (Å²) < 4.78 is 5.75. The molecule has 2 heteroatoms. The highest BCUT2D eigenvalue weighted by atomic mass is 16.5. The molecule has 1 heterocycles. The molecule has 2 rings (SSSR count). The minimum atomic E-state index is 0.00759. The lowest BCUT2D eigenvalue weighted by Crippen LogP contribution is -2.40. The van der Waals surface area contributed by atoms with Gasteiger partial charge in [-0.15, -0.1) is 0 Å². The number of benzene rings is 1. The molecule has 1 fully saturated rings. The van der Waals surface area contributed by atoms with Gasteiger partial charge in [0.1, 0.15) is 0 Å². The molecule has 0 aromatic heterocycles. The molecule has 1 atom stereocenters. The number of ether oxygens (including phenoxy) is 1. The minimum absolute atomic E-state index is 0.00759. The van der Waals surface area contributed by atoms with Crippen LogP contribution < -0.4 is 5.32 Å². The van der Waals surface area contributed by atoms with Crippen LogP contribution in [0.5, 0.6) is 0 Å². The number of nitrogens with one attached hydrogen (secondary N) is 1. The fourth-order valence-corrected chi connectivity index (χ4v) is 2.48. The number of hydrogen-bond donors (Lipinski definition) is 1. The van der Waals surface area contributed by atoms with E-state index in [1.165, 1.54) is 16.8 Å². The largest absolute Gasteiger partial charge is 0.382 e. The van der Waals surface area contributed by atoms with Gasteiger partial charge in [-0.3, -0.25) is 0 Å². The van der Waals surface area contributed by atoms with E-state index in [2.05, 4.69) is 51.2 Å². The number of rotatable bonds is 2. The fourth-order valence-electron chi connectivity index (χ4n) is 2.48. The van der Waals surface area contributed by atoms with E-state index in [1.807, 2.05) is 0 Å². The van der Waals surface area contributed by atoms with E-state index in [-0.39, 0.29) is 5.60 Å². The Hall–Kier alpha value is -1.02. The van der Waals surface area contributed by atoms with Gasteiger partial charge < -0.3 is 10.1 Å². The third kappa shape index (κ3) is 3.01. The summed E-state index contributed by atoms with van der Waals surface area (Å²) in [5.74, 6) is 0. The Balaban J connectivity index is 2.08. The second-order valence-corrected chi connectivity index (χ2v) is 5.69. The second-order valence-electron chi connectivity index (χ2n) is 5.69. The highest BCUT2D eigenvalue weighted by Gasteiger charge is 2.28. The Morgan fingerprint density at radius 2 is 2.06 bits per heavy atom. The topological polar surface area (TPSA) is 21.3 Å². The van der Waals surface area contributed by atoms with Crippen LogP contribution in [0.4, 0.5) is 5.69 Å². The third-order valence-corrected chi connectivity index (χ3v) is 3.66. The molecule has 1 saturated heterocycles. The van der Waals surface area contributed by atoms with Crippen molar-refractivity contribution in [3.63, 3.8) is 0 Å². The van der Waals surface area contributed by atoms with Crippen LogP contribution >= 0.6 is 0 Å². The lowest BCUT2D eigenvalue weighted by molar-refractivity contribution is -0.0553. The third-order valence-electron chi connectivity index (χ3n) is 3.66. The zero-order chi connectivity index (χ0) is 12.5. The standard InChI is InChI=1S/C15H23NO/c1-11-6-5-7-14(12(11)2)16-13-8-9-17-15(3,4)10-13/h5-7,13,16H,8-10H2,1-4H3. The van der Waals surface area contributed by atoms with Crippen LogP contribution in [0.3, 0.4) is 0 Å². The van der Waals surface area contributed by atoms with Crippen molar-refractivity contribution < 1.29 is 4.74 Å². The maximum atomic E-state index is 5.75. The van der Waals surface area contributed by atoms with E-state index < -0.39 is 0 Å². The van der Waals surface area contributed by atoms with Crippen molar-refractivity contribution in [2.24, 2.45) is 0 Å². The van der Waals surface area contributed by atoms with Gasteiger partial charge in [-0.25, -0.2) is 0 Å². The predicted octanol–water partition coefficient (Wildman–Crippen LogP) is 3.67. The first kappa shape index (κ1) is 12.4. The number of hydrogen-bond acceptors (Lipinski definition) is 2. The van der Waals surface area contributed by atoms with Crippen LogP contribution in [0.2, 0.25) is 0 Å². The Bertz CT molecular complexity index is 398. The molecule has 0 amide bonds. The smallest absolute Gasteiger partial charge is 0.0646 e. The summed E-state index contributed by atoms with van der Waals surface area (Å²) in [6.07, 6.45) is 2.16.